The van der Waals surface area contributed by atoms with Crippen LogP contribution in [0.1, 0.15) is 30.3 Å². The molecule has 17 heavy (non-hydrogen) atoms. The Kier molecular flexibility index (Phi) is 6.08. The van der Waals surface area contributed by atoms with Gasteiger partial charge in [-0.1, -0.05) is 6.92 Å². The summed E-state index contributed by atoms with van der Waals surface area (Å²) in [4.78, 5) is 2.31. The molecule has 4 nitrogen and oxygen atoms in total. The van der Waals surface area contributed by atoms with Gasteiger partial charge in [-0.05, 0) is 45.5 Å². The number of hydrogen-bond acceptors (Lipinski definition) is 4. The van der Waals surface area contributed by atoms with Gasteiger partial charge in [0.2, 0.25) is 0 Å². The lowest BCUT2D eigenvalue weighted by Gasteiger charge is -2.17. The molecule has 0 aromatic carbocycles. The molecule has 0 atom stereocenters. The van der Waals surface area contributed by atoms with Crippen LogP contribution in [0, 0.1) is 13.8 Å². The minimum atomic E-state index is 0.940. The van der Waals surface area contributed by atoms with Crippen LogP contribution in [0.25, 0.3) is 0 Å². The van der Waals surface area contributed by atoms with Crippen LogP contribution < -0.4 is 5.32 Å². The molecular formula is C13H24N4. The predicted octanol–water partition coefficient (Wildman–Crippen LogP) is 1.52. The number of aryl methyl sites for hydroxylation is 2. The first-order chi connectivity index (χ1) is 8.13. The highest BCUT2D eigenvalue weighted by Gasteiger charge is 2.05. The third kappa shape index (κ3) is 5.24. The van der Waals surface area contributed by atoms with Crippen LogP contribution in [0.5, 0.6) is 0 Å². The predicted molar refractivity (Wildman–Crippen MR) is 71.0 cm³/mol. The van der Waals surface area contributed by atoms with E-state index in [0.29, 0.717) is 0 Å². The van der Waals surface area contributed by atoms with Gasteiger partial charge in [0.1, 0.15) is 0 Å². The van der Waals surface area contributed by atoms with Crippen LogP contribution in [0.3, 0.4) is 0 Å². The van der Waals surface area contributed by atoms with Crippen LogP contribution in [-0.4, -0.2) is 41.8 Å². The molecule has 0 saturated heterocycles. The van der Waals surface area contributed by atoms with Crippen molar-refractivity contribution in [3.05, 3.63) is 23.0 Å². The number of aromatic nitrogens is 2. The molecule has 96 valence electrons. The summed E-state index contributed by atoms with van der Waals surface area (Å²) in [5.41, 5.74) is 3.29. The van der Waals surface area contributed by atoms with Crippen LogP contribution in [0.4, 0.5) is 0 Å². The summed E-state index contributed by atoms with van der Waals surface area (Å²) in [5.74, 6) is 0. The number of likely N-dealkylation sites (N-methyl/N-ethyl adjacent to an activating group) is 1. The molecule has 1 aromatic heterocycles. The average molecular weight is 236 g/mol. The topological polar surface area (TPSA) is 41.0 Å². The second kappa shape index (κ2) is 7.35. The summed E-state index contributed by atoms with van der Waals surface area (Å²) < 4.78 is 0. The standard InChI is InChI=1S/C13H24N4/c1-5-6-14-7-8-17(4)10-13-9-11(2)15-16-12(13)3/h9,14H,5-8,10H2,1-4H3. The normalized spacial score (nSPS) is 11.1. The second-order valence-electron chi connectivity index (χ2n) is 4.58. The third-order valence-corrected chi connectivity index (χ3v) is 2.74. The fourth-order valence-electron chi connectivity index (χ4n) is 1.71. The van der Waals surface area contributed by atoms with Crippen molar-refractivity contribution in [1.82, 2.24) is 20.4 Å². The zero-order valence-corrected chi connectivity index (χ0v) is 11.5. The minimum absolute atomic E-state index is 0.940. The first kappa shape index (κ1) is 14.1. The van der Waals surface area contributed by atoms with E-state index in [-0.39, 0.29) is 0 Å². The zero-order valence-electron chi connectivity index (χ0n) is 11.5. The molecule has 1 N–H and O–H groups in total. The SMILES string of the molecule is CCCNCCN(C)Cc1cc(C)nnc1C. The van der Waals surface area contributed by atoms with Gasteiger partial charge < -0.3 is 10.2 Å². The lowest BCUT2D eigenvalue weighted by molar-refractivity contribution is 0.323. The maximum atomic E-state index is 4.15. The van der Waals surface area contributed by atoms with E-state index >= 15 is 0 Å². The van der Waals surface area contributed by atoms with Gasteiger partial charge in [0.25, 0.3) is 0 Å². The lowest BCUT2D eigenvalue weighted by Crippen LogP contribution is -2.29. The van der Waals surface area contributed by atoms with E-state index in [1.54, 1.807) is 0 Å². The molecule has 1 rings (SSSR count). The van der Waals surface area contributed by atoms with Crippen molar-refractivity contribution in [2.45, 2.75) is 33.7 Å². The summed E-state index contributed by atoms with van der Waals surface area (Å²) in [6.07, 6.45) is 1.19. The van der Waals surface area contributed by atoms with Gasteiger partial charge in [0.15, 0.2) is 0 Å². The van der Waals surface area contributed by atoms with Crippen molar-refractivity contribution in [2.24, 2.45) is 0 Å². The Morgan fingerprint density at radius 2 is 2.00 bits per heavy atom. The van der Waals surface area contributed by atoms with Crippen molar-refractivity contribution in [2.75, 3.05) is 26.7 Å². The summed E-state index contributed by atoms with van der Waals surface area (Å²) in [6, 6.07) is 2.12. The summed E-state index contributed by atoms with van der Waals surface area (Å²) >= 11 is 0. The van der Waals surface area contributed by atoms with Gasteiger partial charge in [-0.15, -0.1) is 0 Å². The highest BCUT2D eigenvalue weighted by atomic mass is 15.1. The Hall–Kier alpha value is -1.00. The molecule has 0 radical (unpaired) electrons. The van der Waals surface area contributed by atoms with Gasteiger partial charge in [-0.25, -0.2) is 0 Å². The number of rotatable bonds is 7. The van der Waals surface area contributed by atoms with Gasteiger partial charge in [-0.2, -0.15) is 10.2 Å². The molecular weight excluding hydrogens is 212 g/mol. The molecule has 1 heterocycles. The van der Waals surface area contributed by atoms with E-state index in [4.69, 9.17) is 0 Å². The highest BCUT2D eigenvalue weighted by molar-refractivity contribution is 5.19. The minimum Gasteiger partial charge on any atom is -0.315 e. The number of nitrogens with one attached hydrogen (secondary N) is 1. The quantitative estimate of drug-likeness (QED) is 0.729. The third-order valence-electron chi connectivity index (χ3n) is 2.74. The molecule has 0 aliphatic rings. The second-order valence-corrected chi connectivity index (χ2v) is 4.58. The molecule has 0 fully saturated rings. The number of nitrogens with zero attached hydrogens (tertiary/aromatic N) is 3. The van der Waals surface area contributed by atoms with Gasteiger partial charge >= 0.3 is 0 Å². The van der Waals surface area contributed by atoms with Gasteiger partial charge in [0, 0.05) is 19.6 Å². The van der Waals surface area contributed by atoms with Crippen LogP contribution >= 0.6 is 0 Å². The average Bonchev–Trinajstić information content (AvgIpc) is 2.29. The van der Waals surface area contributed by atoms with Crippen molar-refractivity contribution >= 4 is 0 Å². The number of hydrogen-bond donors (Lipinski definition) is 1. The van der Waals surface area contributed by atoms with E-state index in [2.05, 4.69) is 40.5 Å². The molecule has 0 aliphatic heterocycles. The van der Waals surface area contributed by atoms with Crippen molar-refractivity contribution in [1.29, 1.82) is 0 Å². The molecule has 0 saturated carbocycles. The van der Waals surface area contributed by atoms with Gasteiger partial charge in [-0.3, -0.25) is 0 Å². The maximum Gasteiger partial charge on any atom is 0.0645 e. The Morgan fingerprint density at radius 3 is 2.71 bits per heavy atom. The van der Waals surface area contributed by atoms with E-state index in [9.17, 15) is 0 Å². The van der Waals surface area contributed by atoms with Crippen molar-refractivity contribution < 1.29 is 0 Å². The van der Waals surface area contributed by atoms with Crippen LogP contribution in [0.2, 0.25) is 0 Å². The maximum absolute atomic E-state index is 4.15. The molecule has 0 amide bonds. The molecule has 0 spiro atoms. The summed E-state index contributed by atoms with van der Waals surface area (Å²) in [7, 11) is 2.14. The molecule has 1 aromatic rings. The van der Waals surface area contributed by atoms with Crippen molar-refractivity contribution in [3.8, 4) is 0 Å². The molecule has 0 aliphatic carbocycles. The van der Waals surface area contributed by atoms with E-state index in [0.717, 1.165) is 37.6 Å². The first-order valence-electron chi connectivity index (χ1n) is 6.32. The molecule has 0 bridgehead atoms. The Morgan fingerprint density at radius 1 is 1.24 bits per heavy atom. The van der Waals surface area contributed by atoms with E-state index in [1.807, 2.05) is 13.8 Å². The Balaban J connectivity index is 2.39. The summed E-state index contributed by atoms with van der Waals surface area (Å²) in [5, 5.41) is 11.6. The largest absolute Gasteiger partial charge is 0.315 e. The van der Waals surface area contributed by atoms with E-state index < -0.39 is 0 Å². The smallest absolute Gasteiger partial charge is 0.0645 e. The van der Waals surface area contributed by atoms with E-state index in [1.165, 1.54) is 12.0 Å². The molecule has 0 unspecified atom stereocenters. The molecule has 4 heteroatoms. The van der Waals surface area contributed by atoms with Crippen molar-refractivity contribution in [3.63, 3.8) is 0 Å². The first-order valence-corrected chi connectivity index (χ1v) is 6.32. The summed E-state index contributed by atoms with van der Waals surface area (Å²) in [6.45, 7) is 10.3. The zero-order chi connectivity index (χ0) is 12.7. The van der Waals surface area contributed by atoms with Crippen LogP contribution in [0.15, 0.2) is 6.07 Å². The fraction of sp³-hybridized carbons (Fsp3) is 0.692. The van der Waals surface area contributed by atoms with Gasteiger partial charge in [0.05, 0.1) is 11.4 Å². The monoisotopic (exact) mass is 236 g/mol. The Labute approximate surface area is 104 Å². The lowest BCUT2D eigenvalue weighted by atomic mass is 10.2. The fourth-order valence-corrected chi connectivity index (χ4v) is 1.71. The Bertz CT molecular complexity index is 338. The van der Waals surface area contributed by atoms with Crippen LogP contribution in [-0.2, 0) is 6.54 Å². The highest BCUT2D eigenvalue weighted by Crippen LogP contribution is 2.07.